The zero-order chi connectivity index (χ0) is 21.2. The van der Waals surface area contributed by atoms with Crippen LogP contribution in [-0.4, -0.2) is 57.4 Å². The predicted molar refractivity (Wildman–Crippen MR) is 115 cm³/mol. The summed E-state index contributed by atoms with van der Waals surface area (Å²) in [4.78, 5) is 14.1. The average molecular weight is 423 g/mol. The largest absolute Gasteiger partial charge is 0.348 e. The third-order valence-electron chi connectivity index (χ3n) is 6.50. The summed E-state index contributed by atoms with van der Waals surface area (Å²) in [6, 6.07) is 4.15. The number of aryl methyl sites for hydroxylation is 3. The molecule has 0 bridgehead atoms. The maximum Gasteiger partial charge on any atom is 0.275 e. The van der Waals surface area contributed by atoms with Crippen molar-refractivity contribution in [2.45, 2.75) is 64.3 Å². The molecule has 1 aliphatic carbocycles. The second-order valence-corrected chi connectivity index (χ2v) is 10.9. The number of nitrogens with zero attached hydrogens (tertiary/aromatic N) is 1. The van der Waals surface area contributed by atoms with Gasteiger partial charge in [-0.3, -0.25) is 4.79 Å². The van der Waals surface area contributed by atoms with E-state index in [-0.39, 0.29) is 5.91 Å². The van der Waals surface area contributed by atoms with Crippen LogP contribution in [-0.2, 0) is 14.8 Å². The van der Waals surface area contributed by atoms with Crippen LogP contribution in [0, 0.1) is 26.7 Å². The number of carbonyl (C=O) groups excluding carboxylic acids is 1. The molecule has 7 heteroatoms. The van der Waals surface area contributed by atoms with Gasteiger partial charge in [0.1, 0.15) is 0 Å². The topological polar surface area (TPSA) is 70.9 Å². The number of amides is 1. The molecular formula is C22H36N3O3S+. The van der Waals surface area contributed by atoms with Crippen molar-refractivity contribution in [3.63, 3.8) is 0 Å². The van der Waals surface area contributed by atoms with Crippen LogP contribution < -0.4 is 10.2 Å². The fourth-order valence-corrected chi connectivity index (χ4v) is 6.79. The lowest BCUT2D eigenvalue weighted by atomic mass is 9.86. The van der Waals surface area contributed by atoms with Crippen LogP contribution in [0.1, 0.15) is 49.3 Å². The Bertz CT molecular complexity index is 822. The third kappa shape index (κ3) is 5.19. The molecule has 0 unspecified atom stereocenters. The predicted octanol–water partition coefficient (Wildman–Crippen LogP) is 1.20. The number of nitrogens with one attached hydrogen (secondary N) is 2. The Balaban J connectivity index is 1.57. The SMILES string of the molecule is Cc1cc(C)c(S(=O)(=O)N2CC[NH+](CC(=O)N[C@@H]3CCCC[C@@H]3C)CC2)c(C)c1. The summed E-state index contributed by atoms with van der Waals surface area (Å²) in [5, 5.41) is 3.21. The first kappa shape index (κ1) is 22.2. The second kappa shape index (κ2) is 9.14. The highest BCUT2D eigenvalue weighted by Crippen LogP contribution is 2.25. The van der Waals surface area contributed by atoms with Gasteiger partial charge in [-0.15, -0.1) is 0 Å². The zero-order valence-corrected chi connectivity index (χ0v) is 19.1. The van der Waals surface area contributed by atoms with Gasteiger partial charge in [0, 0.05) is 6.04 Å². The van der Waals surface area contributed by atoms with Crippen molar-refractivity contribution in [3.8, 4) is 0 Å². The van der Waals surface area contributed by atoms with E-state index in [1.807, 2.05) is 32.9 Å². The Morgan fingerprint density at radius 2 is 1.69 bits per heavy atom. The summed E-state index contributed by atoms with van der Waals surface area (Å²) in [7, 11) is -3.50. The van der Waals surface area contributed by atoms with Crippen molar-refractivity contribution >= 4 is 15.9 Å². The number of sulfonamides is 1. The van der Waals surface area contributed by atoms with E-state index in [1.54, 1.807) is 4.31 Å². The minimum atomic E-state index is -3.50. The van der Waals surface area contributed by atoms with E-state index in [0.29, 0.717) is 49.6 Å². The minimum Gasteiger partial charge on any atom is -0.348 e. The Morgan fingerprint density at radius 3 is 2.28 bits per heavy atom. The number of carbonyl (C=O) groups is 1. The molecule has 0 radical (unpaired) electrons. The van der Waals surface area contributed by atoms with E-state index in [2.05, 4.69) is 12.2 Å². The average Bonchev–Trinajstić information content (AvgIpc) is 2.63. The molecule has 1 saturated heterocycles. The van der Waals surface area contributed by atoms with Crippen LogP contribution in [0.2, 0.25) is 0 Å². The van der Waals surface area contributed by atoms with Crippen LogP contribution >= 0.6 is 0 Å². The highest BCUT2D eigenvalue weighted by molar-refractivity contribution is 7.89. The molecule has 1 saturated carbocycles. The Labute approximate surface area is 175 Å². The number of piperazine rings is 1. The molecule has 0 aromatic heterocycles. The van der Waals surface area contributed by atoms with E-state index >= 15 is 0 Å². The summed E-state index contributed by atoms with van der Waals surface area (Å²) in [5.74, 6) is 0.644. The van der Waals surface area contributed by atoms with E-state index in [1.165, 1.54) is 19.3 Å². The molecule has 162 valence electrons. The van der Waals surface area contributed by atoms with Gasteiger partial charge in [-0.1, -0.05) is 37.5 Å². The Kier molecular flexibility index (Phi) is 7.02. The van der Waals surface area contributed by atoms with Gasteiger partial charge in [-0.25, -0.2) is 8.42 Å². The van der Waals surface area contributed by atoms with Crippen LogP contribution in [0.5, 0.6) is 0 Å². The van der Waals surface area contributed by atoms with E-state index < -0.39 is 10.0 Å². The number of quaternary nitrogens is 1. The maximum absolute atomic E-state index is 13.2. The zero-order valence-electron chi connectivity index (χ0n) is 18.3. The Hall–Kier alpha value is -1.44. The lowest BCUT2D eigenvalue weighted by Gasteiger charge is -2.33. The van der Waals surface area contributed by atoms with Gasteiger partial charge in [0.2, 0.25) is 10.0 Å². The van der Waals surface area contributed by atoms with Crippen LogP contribution in [0.4, 0.5) is 0 Å². The highest BCUT2D eigenvalue weighted by atomic mass is 32.2. The minimum absolute atomic E-state index is 0.0975. The first-order valence-corrected chi connectivity index (χ1v) is 12.3. The number of hydrogen-bond acceptors (Lipinski definition) is 3. The Morgan fingerprint density at radius 1 is 1.10 bits per heavy atom. The lowest BCUT2D eigenvalue weighted by Crippen LogP contribution is -3.15. The fourth-order valence-electron chi connectivity index (χ4n) is 4.94. The van der Waals surface area contributed by atoms with Gasteiger partial charge in [-0.2, -0.15) is 4.31 Å². The molecule has 6 nitrogen and oxygen atoms in total. The molecule has 29 heavy (non-hydrogen) atoms. The molecule has 1 aliphatic heterocycles. The third-order valence-corrected chi connectivity index (χ3v) is 8.71. The summed E-state index contributed by atoms with van der Waals surface area (Å²) < 4.78 is 28.0. The molecule has 2 fully saturated rings. The van der Waals surface area contributed by atoms with Crippen molar-refractivity contribution in [1.82, 2.24) is 9.62 Å². The summed E-state index contributed by atoms with van der Waals surface area (Å²) in [6.45, 7) is 10.6. The van der Waals surface area contributed by atoms with Crippen molar-refractivity contribution in [2.75, 3.05) is 32.7 Å². The quantitative estimate of drug-likeness (QED) is 0.749. The van der Waals surface area contributed by atoms with E-state index in [4.69, 9.17) is 0 Å². The molecule has 0 spiro atoms. The standard InChI is InChI=1S/C22H35N3O3S/c1-16-13-18(3)22(19(4)14-16)29(27,28)25-11-9-24(10-12-25)15-21(26)23-20-8-6-5-7-17(20)2/h13-14,17,20H,5-12,15H2,1-4H3,(H,23,26)/p+1/t17-,20+/m0/s1. The van der Waals surface area contributed by atoms with Gasteiger partial charge in [0.25, 0.3) is 5.91 Å². The molecule has 2 aliphatic rings. The molecule has 1 aromatic rings. The summed E-state index contributed by atoms with van der Waals surface area (Å²) in [5.41, 5.74) is 2.68. The van der Waals surface area contributed by atoms with Crippen molar-refractivity contribution in [2.24, 2.45) is 5.92 Å². The molecular weight excluding hydrogens is 386 g/mol. The second-order valence-electron chi connectivity index (χ2n) is 8.99. The molecule has 3 rings (SSSR count). The fraction of sp³-hybridized carbons (Fsp3) is 0.682. The number of rotatable bonds is 5. The van der Waals surface area contributed by atoms with Crippen LogP contribution in [0.3, 0.4) is 0 Å². The van der Waals surface area contributed by atoms with Crippen molar-refractivity contribution < 1.29 is 18.1 Å². The van der Waals surface area contributed by atoms with Gasteiger partial charge in [0.05, 0.1) is 31.1 Å². The molecule has 1 amide bonds. The molecule has 1 aromatic carbocycles. The highest BCUT2D eigenvalue weighted by Gasteiger charge is 2.33. The normalized spacial score (nSPS) is 24.4. The van der Waals surface area contributed by atoms with Gasteiger partial charge >= 0.3 is 0 Å². The molecule has 1 heterocycles. The van der Waals surface area contributed by atoms with E-state index in [9.17, 15) is 13.2 Å². The maximum atomic E-state index is 13.2. The number of benzene rings is 1. The van der Waals surface area contributed by atoms with Crippen molar-refractivity contribution in [1.29, 1.82) is 0 Å². The van der Waals surface area contributed by atoms with Crippen LogP contribution in [0.25, 0.3) is 0 Å². The lowest BCUT2D eigenvalue weighted by molar-refractivity contribution is -0.895. The smallest absolute Gasteiger partial charge is 0.275 e. The van der Waals surface area contributed by atoms with Crippen LogP contribution in [0.15, 0.2) is 17.0 Å². The van der Waals surface area contributed by atoms with Crippen molar-refractivity contribution in [3.05, 3.63) is 28.8 Å². The monoisotopic (exact) mass is 422 g/mol. The first-order valence-electron chi connectivity index (χ1n) is 10.9. The summed E-state index contributed by atoms with van der Waals surface area (Å²) in [6.07, 6.45) is 4.71. The summed E-state index contributed by atoms with van der Waals surface area (Å²) >= 11 is 0. The van der Waals surface area contributed by atoms with Gasteiger partial charge in [-0.05, 0) is 50.7 Å². The number of hydrogen-bond donors (Lipinski definition) is 2. The molecule has 2 atom stereocenters. The van der Waals surface area contributed by atoms with E-state index in [0.717, 1.165) is 28.0 Å². The first-order chi connectivity index (χ1) is 13.7. The van der Waals surface area contributed by atoms with Gasteiger partial charge < -0.3 is 10.2 Å². The molecule has 2 N–H and O–H groups in total. The van der Waals surface area contributed by atoms with Gasteiger partial charge in [0.15, 0.2) is 6.54 Å².